The molecule has 0 aliphatic carbocycles. The van der Waals surface area contributed by atoms with E-state index in [0.717, 1.165) is 0 Å². The number of nitro benzene ring substituents is 1. The molecule has 1 saturated heterocycles. The Kier molecular flexibility index (Phi) is 3.81. The smallest absolute Gasteiger partial charge is 0.289 e. The number of nitrogens with zero attached hydrogens (tertiary/aromatic N) is 2. The summed E-state index contributed by atoms with van der Waals surface area (Å²) < 4.78 is 26.8. The molecule has 0 saturated carbocycles. The van der Waals surface area contributed by atoms with Gasteiger partial charge in [0.25, 0.3) is 5.69 Å². The summed E-state index contributed by atoms with van der Waals surface area (Å²) in [5.41, 5.74) is -1.01. The van der Waals surface area contributed by atoms with Gasteiger partial charge in [-0.05, 0) is 19.9 Å². The third kappa shape index (κ3) is 2.54. The van der Waals surface area contributed by atoms with Crippen LogP contribution in [0.4, 0.5) is 5.69 Å². The summed E-state index contributed by atoms with van der Waals surface area (Å²) in [5, 5.41) is 14.1. The topological polar surface area (TPSA) is 92.6 Å². The Bertz CT molecular complexity index is 627. The van der Waals surface area contributed by atoms with E-state index in [-0.39, 0.29) is 10.6 Å². The molecule has 2 rings (SSSR count). The third-order valence-corrected chi connectivity index (χ3v) is 5.51. The van der Waals surface area contributed by atoms with Crippen LogP contribution in [-0.2, 0) is 10.0 Å². The van der Waals surface area contributed by atoms with Crippen molar-refractivity contribution in [2.75, 3.05) is 19.6 Å². The third-order valence-electron chi connectivity index (χ3n) is 3.35. The Morgan fingerprint density at radius 1 is 1.35 bits per heavy atom. The number of hydrogen-bond acceptors (Lipinski definition) is 5. The van der Waals surface area contributed by atoms with E-state index in [0.29, 0.717) is 19.6 Å². The maximum absolute atomic E-state index is 12.7. The molecule has 1 heterocycles. The molecule has 1 aromatic rings. The van der Waals surface area contributed by atoms with Gasteiger partial charge in [-0.25, -0.2) is 8.42 Å². The summed E-state index contributed by atoms with van der Waals surface area (Å²) in [6.45, 7) is 4.93. The molecule has 1 aromatic carbocycles. The van der Waals surface area contributed by atoms with Crippen LogP contribution >= 0.6 is 0 Å². The van der Waals surface area contributed by atoms with E-state index in [1.54, 1.807) is 13.8 Å². The van der Waals surface area contributed by atoms with Gasteiger partial charge in [-0.2, -0.15) is 4.31 Å². The highest BCUT2D eigenvalue weighted by Crippen LogP contribution is 2.31. The molecule has 0 amide bonds. The molecule has 0 radical (unpaired) electrons. The van der Waals surface area contributed by atoms with Crippen molar-refractivity contribution in [1.82, 2.24) is 9.62 Å². The summed E-state index contributed by atoms with van der Waals surface area (Å²) in [7, 11) is -3.89. The zero-order chi connectivity index (χ0) is 15.0. The lowest BCUT2D eigenvalue weighted by atomic mass is 10.0. The van der Waals surface area contributed by atoms with Gasteiger partial charge in [0.15, 0.2) is 4.90 Å². The van der Waals surface area contributed by atoms with Crippen LogP contribution in [0, 0.1) is 10.1 Å². The van der Waals surface area contributed by atoms with Gasteiger partial charge < -0.3 is 5.32 Å². The molecule has 1 aliphatic rings. The van der Waals surface area contributed by atoms with Crippen LogP contribution in [0.25, 0.3) is 0 Å². The van der Waals surface area contributed by atoms with E-state index in [2.05, 4.69) is 5.32 Å². The average molecular weight is 299 g/mol. The monoisotopic (exact) mass is 299 g/mol. The lowest BCUT2D eigenvalue weighted by molar-refractivity contribution is -0.387. The fourth-order valence-electron chi connectivity index (χ4n) is 2.36. The largest absolute Gasteiger partial charge is 0.314 e. The minimum atomic E-state index is -3.89. The predicted octanol–water partition coefficient (Wildman–Crippen LogP) is 0.967. The Morgan fingerprint density at radius 3 is 2.60 bits per heavy atom. The van der Waals surface area contributed by atoms with E-state index in [1.165, 1.54) is 28.6 Å². The zero-order valence-corrected chi connectivity index (χ0v) is 12.2. The Hall–Kier alpha value is -1.51. The highest BCUT2D eigenvalue weighted by molar-refractivity contribution is 7.89. The minimum Gasteiger partial charge on any atom is -0.314 e. The summed E-state index contributed by atoms with van der Waals surface area (Å²) in [5.74, 6) is 0. The summed E-state index contributed by atoms with van der Waals surface area (Å²) in [6.07, 6.45) is 0. The van der Waals surface area contributed by atoms with Crippen LogP contribution in [0.1, 0.15) is 13.8 Å². The van der Waals surface area contributed by atoms with Gasteiger partial charge >= 0.3 is 0 Å². The molecule has 0 aromatic heterocycles. The number of nitrogens with one attached hydrogen (secondary N) is 1. The molecule has 1 fully saturated rings. The molecule has 1 N–H and O–H groups in total. The van der Waals surface area contributed by atoms with Crippen molar-refractivity contribution in [2.24, 2.45) is 0 Å². The first-order valence-electron chi connectivity index (χ1n) is 6.24. The first-order chi connectivity index (χ1) is 9.27. The van der Waals surface area contributed by atoms with Crippen LogP contribution in [-0.4, -0.2) is 42.8 Å². The molecule has 0 unspecified atom stereocenters. The van der Waals surface area contributed by atoms with Crippen molar-refractivity contribution in [3.8, 4) is 0 Å². The van der Waals surface area contributed by atoms with E-state index in [4.69, 9.17) is 0 Å². The maximum Gasteiger partial charge on any atom is 0.289 e. The highest BCUT2D eigenvalue weighted by atomic mass is 32.2. The zero-order valence-electron chi connectivity index (χ0n) is 11.4. The Balaban J connectivity index is 2.53. The first kappa shape index (κ1) is 14.9. The number of benzene rings is 1. The van der Waals surface area contributed by atoms with Gasteiger partial charge in [0, 0.05) is 31.2 Å². The molecule has 20 heavy (non-hydrogen) atoms. The molecular weight excluding hydrogens is 282 g/mol. The molecular formula is C12H17N3O4S. The second-order valence-corrected chi connectivity index (χ2v) is 7.12. The van der Waals surface area contributed by atoms with Crippen molar-refractivity contribution < 1.29 is 13.3 Å². The fourth-order valence-corrected chi connectivity index (χ4v) is 4.30. The lowest BCUT2D eigenvalue weighted by Gasteiger charge is -2.41. The standard InChI is InChI=1S/C12H17N3O4S/c1-12(2)9-13-7-8-14(12)20(18,19)11-6-4-3-5-10(11)15(16)17/h3-6,13H,7-9H2,1-2H3. The molecule has 0 atom stereocenters. The van der Waals surface area contributed by atoms with Crippen molar-refractivity contribution in [2.45, 2.75) is 24.3 Å². The number of para-hydroxylation sites is 1. The van der Waals surface area contributed by atoms with Gasteiger partial charge in [0.05, 0.1) is 4.92 Å². The molecule has 0 bridgehead atoms. The normalized spacial score (nSPS) is 19.7. The molecule has 0 spiro atoms. The summed E-state index contributed by atoms with van der Waals surface area (Å²) >= 11 is 0. The average Bonchev–Trinajstić information content (AvgIpc) is 2.37. The Morgan fingerprint density at radius 2 is 2.00 bits per heavy atom. The molecule has 8 heteroatoms. The number of rotatable bonds is 3. The quantitative estimate of drug-likeness (QED) is 0.663. The van der Waals surface area contributed by atoms with Gasteiger partial charge in [-0.1, -0.05) is 12.1 Å². The van der Waals surface area contributed by atoms with E-state index < -0.39 is 20.5 Å². The molecule has 7 nitrogen and oxygen atoms in total. The second-order valence-electron chi connectivity index (χ2n) is 5.29. The van der Waals surface area contributed by atoms with Gasteiger partial charge in [0.1, 0.15) is 0 Å². The van der Waals surface area contributed by atoms with E-state index >= 15 is 0 Å². The van der Waals surface area contributed by atoms with Gasteiger partial charge in [-0.15, -0.1) is 0 Å². The van der Waals surface area contributed by atoms with Crippen molar-refractivity contribution in [3.63, 3.8) is 0 Å². The number of nitro groups is 1. The first-order valence-corrected chi connectivity index (χ1v) is 7.68. The van der Waals surface area contributed by atoms with Crippen molar-refractivity contribution >= 4 is 15.7 Å². The highest BCUT2D eigenvalue weighted by Gasteiger charge is 2.41. The van der Waals surface area contributed by atoms with Gasteiger partial charge in [0.2, 0.25) is 10.0 Å². The SMILES string of the molecule is CC1(C)CNCCN1S(=O)(=O)c1ccccc1[N+](=O)[O-]. The number of hydrogen-bond donors (Lipinski definition) is 1. The van der Waals surface area contributed by atoms with E-state index in [1.807, 2.05) is 0 Å². The minimum absolute atomic E-state index is 0.250. The van der Waals surface area contributed by atoms with Crippen LogP contribution in [0.3, 0.4) is 0 Å². The van der Waals surface area contributed by atoms with Crippen molar-refractivity contribution in [3.05, 3.63) is 34.4 Å². The second kappa shape index (κ2) is 5.12. The molecule has 1 aliphatic heterocycles. The van der Waals surface area contributed by atoms with Crippen LogP contribution in [0.15, 0.2) is 29.2 Å². The number of piperazine rings is 1. The predicted molar refractivity (Wildman–Crippen MR) is 73.9 cm³/mol. The number of sulfonamides is 1. The van der Waals surface area contributed by atoms with Crippen LogP contribution in [0.5, 0.6) is 0 Å². The lowest BCUT2D eigenvalue weighted by Crippen LogP contribution is -2.59. The maximum atomic E-state index is 12.7. The van der Waals surface area contributed by atoms with Gasteiger partial charge in [-0.3, -0.25) is 10.1 Å². The fraction of sp³-hybridized carbons (Fsp3) is 0.500. The van der Waals surface area contributed by atoms with E-state index in [9.17, 15) is 18.5 Å². The summed E-state index contributed by atoms with van der Waals surface area (Å²) in [6, 6.07) is 5.45. The van der Waals surface area contributed by atoms with Crippen LogP contribution < -0.4 is 5.32 Å². The van der Waals surface area contributed by atoms with Crippen LogP contribution in [0.2, 0.25) is 0 Å². The Labute approximate surface area is 117 Å². The molecule has 110 valence electrons. The van der Waals surface area contributed by atoms with Crippen molar-refractivity contribution in [1.29, 1.82) is 0 Å². The summed E-state index contributed by atoms with van der Waals surface area (Å²) in [4.78, 5) is 10.1.